The summed E-state index contributed by atoms with van der Waals surface area (Å²) in [7, 11) is 1.75. The lowest BCUT2D eigenvalue weighted by molar-refractivity contribution is 0.0739. The van der Waals surface area contributed by atoms with Crippen molar-refractivity contribution >= 4 is 17.7 Å². The van der Waals surface area contributed by atoms with Crippen LogP contribution in [0.3, 0.4) is 0 Å². The van der Waals surface area contributed by atoms with Crippen LogP contribution in [0.5, 0.6) is 0 Å². The molecule has 0 spiro atoms. The van der Waals surface area contributed by atoms with Crippen LogP contribution in [0.4, 0.5) is 0 Å². The molecule has 1 aromatic rings. The van der Waals surface area contributed by atoms with E-state index in [2.05, 4.69) is 11.9 Å². The van der Waals surface area contributed by atoms with Crippen LogP contribution in [0.15, 0.2) is 16.9 Å². The second kappa shape index (κ2) is 7.38. The molecule has 106 valence electrons. The van der Waals surface area contributed by atoms with Crippen molar-refractivity contribution in [2.75, 3.05) is 18.6 Å². The minimum Gasteiger partial charge on any atom is -0.339 e. The van der Waals surface area contributed by atoms with Crippen LogP contribution < -0.4 is 5.56 Å². The fourth-order valence-corrected chi connectivity index (χ4v) is 2.52. The highest BCUT2D eigenvalue weighted by Crippen LogP contribution is 2.10. The Labute approximate surface area is 118 Å². The van der Waals surface area contributed by atoms with Gasteiger partial charge < -0.3 is 9.88 Å². The van der Waals surface area contributed by atoms with Gasteiger partial charge in [-0.25, -0.2) is 0 Å². The van der Waals surface area contributed by atoms with E-state index < -0.39 is 0 Å². The van der Waals surface area contributed by atoms with Crippen LogP contribution in [-0.2, 0) is 0 Å². The molecule has 19 heavy (non-hydrogen) atoms. The fraction of sp³-hybridized carbons (Fsp3) is 0.571. The quantitative estimate of drug-likeness (QED) is 0.814. The Balaban J connectivity index is 2.73. The third-order valence-corrected chi connectivity index (χ3v) is 4.08. The van der Waals surface area contributed by atoms with Crippen molar-refractivity contribution in [1.29, 1.82) is 0 Å². The summed E-state index contributed by atoms with van der Waals surface area (Å²) < 4.78 is 0. The number of pyridine rings is 1. The second-order valence-corrected chi connectivity index (χ2v) is 6.03. The normalized spacial score (nSPS) is 12.2. The molecule has 4 nitrogen and oxygen atoms in total. The second-order valence-electron chi connectivity index (χ2n) is 4.63. The number of H-pyrrole nitrogens is 1. The number of carbonyl (C=O) groups is 1. The largest absolute Gasteiger partial charge is 0.339 e. The predicted octanol–water partition coefficient (Wildman–Crippen LogP) is 2.29. The van der Waals surface area contributed by atoms with E-state index >= 15 is 0 Å². The highest BCUT2D eigenvalue weighted by Gasteiger charge is 2.19. The summed E-state index contributed by atoms with van der Waals surface area (Å²) in [6.07, 6.45) is 0.935. The summed E-state index contributed by atoms with van der Waals surface area (Å²) in [5.74, 6) is 1.90. The average Bonchev–Trinajstić information content (AvgIpc) is 2.37. The van der Waals surface area contributed by atoms with Crippen LogP contribution in [0.25, 0.3) is 0 Å². The van der Waals surface area contributed by atoms with Gasteiger partial charge in [-0.2, -0.15) is 11.8 Å². The highest BCUT2D eigenvalue weighted by atomic mass is 32.2. The maximum atomic E-state index is 12.3. The smallest absolute Gasteiger partial charge is 0.260 e. The topological polar surface area (TPSA) is 53.2 Å². The molecule has 1 amide bonds. The Kier molecular flexibility index (Phi) is 6.15. The van der Waals surface area contributed by atoms with Gasteiger partial charge in [-0.15, -0.1) is 0 Å². The van der Waals surface area contributed by atoms with E-state index in [9.17, 15) is 9.59 Å². The highest BCUT2D eigenvalue weighted by molar-refractivity contribution is 7.99. The first-order valence-electron chi connectivity index (χ1n) is 6.52. The van der Waals surface area contributed by atoms with Crippen LogP contribution in [0, 0.1) is 6.92 Å². The van der Waals surface area contributed by atoms with Crippen molar-refractivity contribution in [3.8, 4) is 0 Å². The van der Waals surface area contributed by atoms with Crippen molar-refractivity contribution in [3.63, 3.8) is 0 Å². The van der Waals surface area contributed by atoms with Crippen LogP contribution in [0.2, 0.25) is 0 Å². The molecule has 0 fully saturated rings. The average molecular weight is 282 g/mol. The summed E-state index contributed by atoms with van der Waals surface area (Å²) in [4.78, 5) is 28.3. The molecule has 0 aliphatic rings. The minimum absolute atomic E-state index is 0.132. The predicted molar refractivity (Wildman–Crippen MR) is 81.0 cm³/mol. The van der Waals surface area contributed by atoms with E-state index in [4.69, 9.17) is 0 Å². The van der Waals surface area contributed by atoms with Crippen molar-refractivity contribution in [2.45, 2.75) is 33.2 Å². The number of carbonyl (C=O) groups excluding carboxylic acids is 1. The molecule has 0 aliphatic heterocycles. The number of nitrogens with one attached hydrogen (secondary N) is 1. The summed E-state index contributed by atoms with van der Waals surface area (Å²) in [5.41, 5.74) is 0.659. The van der Waals surface area contributed by atoms with Gasteiger partial charge in [0.2, 0.25) is 0 Å². The van der Waals surface area contributed by atoms with E-state index in [-0.39, 0.29) is 23.1 Å². The standard InChI is InChI=1S/C14H22N2O2S/c1-5-19-9-8-11(3)16(4)14(18)12-7-6-10(2)15-13(12)17/h6-7,11H,5,8-9H2,1-4H3,(H,15,17)/t11-/m0/s1. The van der Waals surface area contributed by atoms with Crippen molar-refractivity contribution < 1.29 is 4.79 Å². The molecule has 1 N–H and O–H groups in total. The molecule has 0 unspecified atom stereocenters. The fourth-order valence-electron chi connectivity index (χ4n) is 1.72. The van der Waals surface area contributed by atoms with Gasteiger partial charge in [-0.3, -0.25) is 9.59 Å². The lowest BCUT2D eigenvalue weighted by atomic mass is 10.2. The third-order valence-electron chi connectivity index (χ3n) is 3.15. The first-order valence-corrected chi connectivity index (χ1v) is 7.67. The van der Waals surface area contributed by atoms with E-state index in [1.165, 1.54) is 0 Å². The van der Waals surface area contributed by atoms with Gasteiger partial charge in [-0.1, -0.05) is 6.92 Å². The third kappa shape index (κ3) is 4.42. The van der Waals surface area contributed by atoms with Crippen molar-refractivity contribution in [1.82, 2.24) is 9.88 Å². The number of aromatic nitrogens is 1. The van der Waals surface area contributed by atoms with Crippen LogP contribution in [0.1, 0.15) is 36.3 Å². The van der Waals surface area contributed by atoms with Gasteiger partial charge in [0.25, 0.3) is 11.5 Å². The zero-order valence-corrected chi connectivity index (χ0v) is 12.8. The first-order chi connectivity index (χ1) is 8.97. The van der Waals surface area contributed by atoms with Gasteiger partial charge in [0.15, 0.2) is 0 Å². The first kappa shape index (κ1) is 15.8. The molecular weight excluding hydrogens is 260 g/mol. The molecular formula is C14H22N2O2S. The Bertz CT molecular complexity index is 485. The van der Waals surface area contributed by atoms with Gasteiger partial charge in [0, 0.05) is 18.8 Å². The van der Waals surface area contributed by atoms with Gasteiger partial charge in [-0.05, 0) is 43.9 Å². The summed E-state index contributed by atoms with van der Waals surface area (Å²) >= 11 is 1.86. The molecule has 0 radical (unpaired) electrons. The number of hydrogen-bond acceptors (Lipinski definition) is 3. The number of aromatic amines is 1. The molecule has 1 atom stereocenters. The van der Waals surface area contributed by atoms with E-state index in [1.54, 1.807) is 31.0 Å². The van der Waals surface area contributed by atoms with Gasteiger partial charge in [0.1, 0.15) is 5.56 Å². The molecule has 0 aromatic carbocycles. The van der Waals surface area contributed by atoms with E-state index in [1.807, 2.05) is 18.7 Å². The van der Waals surface area contributed by atoms with E-state index in [0.29, 0.717) is 0 Å². The maximum absolute atomic E-state index is 12.3. The summed E-state index contributed by atoms with van der Waals surface area (Å²) in [5, 5.41) is 0. The van der Waals surface area contributed by atoms with Crippen LogP contribution >= 0.6 is 11.8 Å². The number of aryl methyl sites for hydroxylation is 1. The molecule has 0 saturated carbocycles. The molecule has 1 aromatic heterocycles. The lowest BCUT2D eigenvalue weighted by Crippen LogP contribution is -2.38. The molecule has 1 rings (SSSR count). The van der Waals surface area contributed by atoms with Crippen molar-refractivity contribution in [2.24, 2.45) is 0 Å². The van der Waals surface area contributed by atoms with Gasteiger partial charge >= 0.3 is 0 Å². The molecule has 0 bridgehead atoms. The Morgan fingerprint density at radius 1 is 1.47 bits per heavy atom. The maximum Gasteiger partial charge on any atom is 0.260 e. The number of nitrogens with zero attached hydrogens (tertiary/aromatic N) is 1. The Hall–Kier alpha value is -1.23. The zero-order valence-electron chi connectivity index (χ0n) is 12.0. The molecule has 1 heterocycles. The number of rotatable bonds is 6. The minimum atomic E-state index is -0.313. The Morgan fingerprint density at radius 2 is 2.16 bits per heavy atom. The van der Waals surface area contributed by atoms with Crippen molar-refractivity contribution in [3.05, 3.63) is 33.7 Å². The molecule has 0 aliphatic carbocycles. The summed E-state index contributed by atoms with van der Waals surface area (Å²) in [6.45, 7) is 5.93. The van der Waals surface area contributed by atoms with Gasteiger partial charge in [0.05, 0.1) is 0 Å². The molecule has 0 saturated heterocycles. The molecule has 5 heteroatoms. The SMILES string of the molecule is CCSCC[C@H](C)N(C)C(=O)c1ccc(C)[nH]c1=O. The summed E-state index contributed by atoms with van der Waals surface area (Å²) in [6, 6.07) is 3.48. The lowest BCUT2D eigenvalue weighted by Gasteiger charge is -2.24. The van der Waals surface area contributed by atoms with Crippen LogP contribution in [-0.4, -0.2) is 40.4 Å². The zero-order chi connectivity index (χ0) is 14.4. The monoisotopic (exact) mass is 282 g/mol. The number of amides is 1. The number of hydrogen-bond donors (Lipinski definition) is 1. The number of thioether (sulfide) groups is 1. The Morgan fingerprint density at radius 3 is 2.74 bits per heavy atom. The van der Waals surface area contributed by atoms with E-state index in [0.717, 1.165) is 23.6 Å².